The minimum absolute atomic E-state index is 0.136. The molecule has 0 bridgehead atoms. The van der Waals surface area contributed by atoms with Gasteiger partial charge in [0, 0.05) is 45.7 Å². The molecule has 0 aromatic carbocycles. The van der Waals surface area contributed by atoms with Gasteiger partial charge >= 0.3 is 6.03 Å². The van der Waals surface area contributed by atoms with Gasteiger partial charge in [-0.15, -0.1) is 0 Å². The van der Waals surface area contributed by atoms with Crippen molar-refractivity contribution >= 4 is 11.9 Å². The second-order valence-corrected chi connectivity index (χ2v) is 5.29. The summed E-state index contributed by atoms with van der Waals surface area (Å²) in [5.41, 5.74) is -0.791. The summed E-state index contributed by atoms with van der Waals surface area (Å²) in [5.74, 6) is -0.229. The van der Waals surface area contributed by atoms with E-state index in [9.17, 15) is 14.7 Å². The van der Waals surface area contributed by atoms with Crippen molar-refractivity contribution in [3.63, 3.8) is 0 Å². The number of carbonyl (C=O) groups is 2. The first-order chi connectivity index (χ1) is 9.00. The largest absolute Gasteiger partial charge is 0.388 e. The second kappa shape index (κ2) is 5.85. The summed E-state index contributed by atoms with van der Waals surface area (Å²) in [6.07, 6.45) is 1.16. The maximum atomic E-state index is 11.9. The SMILES string of the molecule is CN(CC(=O)N1CCNC1=O)CC1(O)CCOCC1. The first kappa shape index (κ1) is 14.2. The molecule has 2 N–H and O–H groups in total. The van der Waals surface area contributed by atoms with Crippen LogP contribution in [-0.4, -0.2) is 78.9 Å². The van der Waals surface area contributed by atoms with Crippen molar-refractivity contribution in [2.45, 2.75) is 18.4 Å². The lowest BCUT2D eigenvalue weighted by atomic mass is 9.94. The number of likely N-dealkylation sites (N-methyl/N-ethyl adjacent to an activating group) is 1. The van der Waals surface area contributed by atoms with Crippen LogP contribution in [0.25, 0.3) is 0 Å². The molecule has 0 aromatic rings. The molecular formula is C12H21N3O4. The average Bonchev–Trinajstić information content (AvgIpc) is 2.75. The van der Waals surface area contributed by atoms with Crippen molar-refractivity contribution in [2.24, 2.45) is 0 Å². The first-order valence-corrected chi connectivity index (χ1v) is 6.57. The highest BCUT2D eigenvalue weighted by atomic mass is 16.5. The minimum Gasteiger partial charge on any atom is -0.388 e. The molecule has 0 atom stereocenters. The predicted octanol–water partition coefficient (Wildman–Crippen LogP) is -0.988. The van der Waals surface area contributed by atoms with E-state index in [4.69, 9.17) is 4.74 Å². The zero-order valence-corrected chi connectivity index (χ0v) is 11.2. The summed E-state index contributed by atoms with van der Waals surface area (Å²) >= 11 is 0. The van der Waals surface area contributed by atoms with Crippen LogP contribution in [0.2, 0.25) is 0 Å². The third-order valence-electron chi connectivity index (χ3n) is 3.55. The molecule has 0 unspecified atom stereocenters. The number of imide groups is 1. The van der Waals surface area contributed by atoms with Gasteiger partial charge < -0.3 is 15.2 Å². The van der Waals surface area contributed by atoms with Gasteiger partial charge in [-0.2, -0.15) is 0 Å². The molecule has 2 fully saturated rings. The number of rotatable bonds is 4. The van der Waals surface area contributed by atoms with Gasteiger partial charge in [-0.05, 0) is 7.05 Å². The number of carbonyl (C=O) groups excluding carboxylic acids is 2. The molecular weight excluding hydrogens is 250 g/mol. The molecule has 2 aliphatic heterocycles. The van der Waals surface area contributed by atoms with E-state index in [1.165, 1.54) is 4.90 Å². The Morgan fingerprint density at radius 2 is 2.21 bits per heavy atom. The van der Waals surface area contributed by atoms with E-state index in [2.05, 4.69) is 5.32 Å². The van der Waals surface area contributed by atoms with Gasteiger partial charge in [0.15, 0.2) is 0 Å². The summed E-state index contributed by atoms with van der Waals surface area (Å²) < 4.78 is 5.22. The zero-order chi connectivity index (χ0) is 13.9. The summed E-state index contributed by atoms with van der Waals surface area (Å²) in [7, 11) is 1.78. The Kier molecular flexibility index (Phi) is 4.38. The van der Waals surface area contributed by atoms with Crippen molar-refractivity contribution in [3.8, 4) is 0 Å². The fourth-order valence-electron chi connectivity index (χ4n) is 2.49. The Morgan fingerprint density at radius 3 is 2.79 bits per heavy atom. The van der Waals surface area contributed by atoms with Crippen LogP contribution in [0, 0.1) is 0 Å². The van der Waals surface area contributed by atoms with E-state index in [1.54, 1.807) is 11.9 Å². The van der Waals surface area contributed by atoms with Crippen LogP contribution in [0.5, 0.6) is 0 Å². The topological polar surface area (TPSA) is 82.1 Å². The lowest BCUT2D eigenvalue weighted by Crippen LogP contribution is -2.48. The summed E-state index contributed by atoms with van der Waals surface area (Å²) in [6.45, 7) is 2.58. The van der Waals surface area contributed by atoms with E-state index >= 15 is 0 Å². The van der Waals surface area contributed by atoms with Gasteiger partial charge in [0.25, 0.3) is 0 Å². The molecule has 2 heterocycles. The maximum Gasteiger partial charge on any atom is 0.324 e. The molecule has 2 saturated heterocycles. The van der Waals surface area contributed by atoms with Crippen LogP contribution < -0.4 is 5.32 Å². The van der Waals surface area contributed by atoms with Crippen LogP contribution in [0.1, 0.15) is 12.8 Å². The number of hydrogen-bond acceptors (Lipinski definition) is 5. The summed E-state index contributed by atoms with van der Waals surface area (Å²) in [4.78, 5) is 26.3. The van der Waals surface area contributed by atoms with Gasteiger partial charge in [0.2, 0.25) is 5.91 Å². The Morgan fingerprint density at radius 1 is 1.53 bits per heavy atom. The molecule has 0 spiro atoms. The van der Waals surface area contributed by atoms with Crippen molar-refractivity contribution < 1.29 is 19.4 Å². The van der Waals surface area contributed by atoms with E-state index in [0.717, 1.165) is 0 Å². The third-order valence-corrected chi connectivity index (χ3v) is 3.55. The lowest BCUT2D eigenvalue weighted by molar-refractivity contribution is -0.130. The van der Waals surface area contributed by atoms with Gasteiger partial charge in [-0.1, -0.05) is 0 Å². The average molecular weight is 271 g/mol. The highest BCUT2D eigenvalue weighted by Crippen LogP contribution is 2.21. The highest BCUT2D eigenvalue weighted by molar-refractivity contribution is 5.96. The van der Waals surface area contributed by atoms with Crippen LogP contribution >= 0.6 is 0 Å². The summed E-state index contributed by atoms with van der Waals surface area (Å²) in [6, 6.07) is -0.330. The van der Waals surface area contributed by atoms with E-state index in [1.807, 2.05) is 0 Å². The fourth-order valence-corrected chi connectivity index (χ4v) is 2.49. The molecule has 7 heteroatoms. The standard InChI is InChI=1S/C12H21N3O4/c1-14(9-12(18)2-6-19-7-3-12)8-10(16)15-5-4-13-11(15)17/h18H,2-9H2,1H3,(H,13,17). The van der Waals surface area contributed by atoms with Crippen molar-refractivity contribution in [1.82, 2.24) is 15.1 Å². The molecule has 0 aliphatic carbocycles. The monoisotopic (exact) mass is 271 g/mol. The van der Waals surface area contributed by atoms with Crippen molar-refractivity contribution in [1.29, 1.82) is 0 Å². The van der Waals surface area contributed by atoms with Crippen LogP contribution in [0.15, 0.2) is 0 Å². The number of amides is 3. The Labute approximate surface area is 112 Å². The van der Waals surface area contributed by atoms with Crippen LogP contribution in [0.3, 0.4) is 0 Å². The molecule has 0 saturated carbocycles. The Balaban J connectivity index is 1.81. The number of nitrogens with zero attached hydrogens (tertiary/aromatic N) is 2. The zero-order valence-electron chi connectivity index (χ0n) is 11.2. The fraction of sp³-hybridized carbons (Fsp3) is 0.833. The molecule has 0 aromatic heterocycles. The van der Waals surface area contributed by atoms with Gasteiger partial charge in [-0.3, -0.25) is 14.6 Å². The summed E-state index contributed by atoms with van der Waals surface area (Å²) in [5, 5.41) is 12.9. The minimum atomic E-state index is -0.791. The number of nitrogens with one attached hydrogen (secondary N) is 1. The first-order valence-electron chi connectivity index (χ1n) is 6.57. The smallest absolute Gasteiger partial charge is 0.324 e. The van der Waals surface area contributed by atoms with Crippen molar-refractivity contribution in [3.05, 3.63) is 0 Å². The van der Waals surface area contributed by atoms with Crippen LogP contribution in [-0.2, 0) is 9.53 Å². The third kappa shape index (κ3) is 3.65. The molecule has 3 amide bonds. The molecule has 0 radical (unpaired) electrons. The number of urea groups is 1. The van der Waals surface area contributed by atoms with E-state index in [0.29, 0.717) is 45.7 Å². The molecule has 7 nitrogen and oxygen atoms in total. The van der Waals surface area contributed by atoms with Crippen molar-refractivity contribution in [2.75, 3.05) is 46.4 Å². The predicted molar refractivity (Wildman–Crippen MR) is 67.6 cm³/mol. The maximum absolute atomic E-state index is 11.9. The second-order valence-electron chi connectivity index (χ2n) is 5.29. The molecule has 2 rings (SSSR count). The molecule has 108 valence electrons. The Hall–Kier alpha value is -1.18. The lowest BCUT2D eigenvalue weighted by Gasteiger charge is -2.35. The van der Waals surface area contributed by atoms with Gasteiger partial charge in [0.1, 0.15) is 0 Å². The Bertz CT molecular complexity index is 355. The highest BCUT2D eigenvalue weighted by Gasteiger charge is 2.33. The van der Waals surface area contributed by atoms with Gasteiger partial charge in [0.05, 0.1) is 12.1 Å². The normalized spacial score (nSPS) is 22.7. The number of ether oxygens (including phenoxy) is 1. The number of aliphatic hydroxyl groups is 1. The van der Waals surface area contributed by atoms with Gasteiger partial charge in [-0.25, -0.2) is 4.79 Å². The van der Waals surface area contributed by atoms with E-state index < -0.39 is 5.60 Å². The van der Waals surface area contributed by atoms with E-state index in [-0.39, 0.29) is 18.5 Å². The molecule has 2 aliphatic rings. The molecule has 19 heavy (non-hydrogen) atoms. The van der Waals surface area contributed by atoms with Crippen LogP contribution in [0.4, 0.5) is 4.79 Å². The number of hydrogen-bond donors (Lipinski definition) is 2. The quantitative estimate of drug-likeness (QED) is 0.686.